The molecule has 3 rings (SSSR count). The normalized spacial score (nSPS) is 29.8. The summed E-state index contributed by atoms with van der Waals surface area (Å²) in [4.78, 5) is 12.2. The van der Waals surface area contributed by atoms with Crippen LogP contribution in [0, 0.1) is 5.92 Å². The molecular weight excluding hydrogens is 210 g/mol. The summed E-state index contributed by atoms with van der Waals surface area (Å²) in [6.45, 7) is 0. The van der Waals surface area contributed by atoms with Gasteiger partial charge in [0, 0.05) is 5.70 Å². The molecule has 0 aromatic carbocycles. The lowest BCUT2D eigenvalue weighted by Gasteiger charge is -2.23. The summed E-state index contributed by atoms with van der Waals surface area (Å²) in [7, 11) is 0. The molecule has 0 saturated carbocycles. The number of hydrogen-bond donors (Lipinski definition) is 1. The van der Waals surface area contributed by atoms with Crippen LogP contribution in [0.15, 0.2) is 59.4 Å². The van der Waals surface area contributed by atoms with Crippen molar-refractivity contribution < 1.29 is 4.79 Å². The highest BCUT2D eigenvalue weighted by Crippen LogP contribution is 2.28. The molecular formula is C15H15NO. The van der Waals surface area contributed by atoms with Gasteiger partial charge >= 0.3 is 0 Å². The quantitative estimate of drug-likeness (QED) is 0.674. The van der Waals surface area contributed by atoms with Crippen LogP contribution in [0.1, 0.15) is 19.3 Å². The fraction of sp³-hybridized carbons (Fsp3) is 0.267. The molecule has 2 nitrogen and oxygen atoms in total. The number of nitrogens with one attached hydrogen (secondary N) is 1. The van der Waals surface area contributed by atoms with Crippen molar-refractivity contribution in [1.29, 1.82) is 0 Å². The Morgan fingerprint density at radius 3 is 3.12 bits per heavy atom. The zero-order chi connectivity index (χ0) is 11.7. The van der Waals surface area contributed by atoms with E-state index < -0.39 is 0 Å². The number of hydrogen-bond acceptors (Lipinski definition) is 1. The maximum absolute atomic E-state index is 12.2. The summed E-state index contributed by atoms with van der Waals surface area (Å²) in [6, 6.07) is 0. The Morgan fingerprint density at radius 2 is 2.18 bits per heavy atom. The lowest BCUT2D eigenvalue weighted by Crippen LogP contribution is -2.32. The number of rotatable bonds is 0. The molecule has 0 aromatic heterocycles. The molecule has 2 heteroatoms. The van der Waals surface area contributed by atoms with Gasteiger partial charge in [-0.1, -0.05) is 36.5 Å². The highest BCUT2D eigenvalue weighted by atomic mass is 16.1. The molecule has 1 atom stereocenters. The second-order valence-electron chi connectivity index (χ2n) is 4.58. The molecule has 2 aliphatic carbocycles. The molecule has 1 aliphatic heterocycles. The summed E-state index contributed by atoms with van der Waals surface area (Å²) >= 11 is 0. The summed E-state index contributed by atoms with van der Waals surface area (Å²) in [5, 5.41) is 3.05. The molecule has 0 aromatic rings. The van der Waals surface area contributed by atoms with Crippen molar-refractivity contribution in [1.82, 2.24) is 5.32 Å². The average Bonchev–Trinajstić information content (AvgIpc) is 2.36. The van der Waals surface area contributed by atoms with Gasteiger partial charge in [0.1, 0.15) is 0 Å². The first-order chi connectivity index (χ1) is 8.34. The van der Waals surface area contributed by atoms with Crippen LogP contribution in [0.2, 0.25) is 0 Å². The Labute approximate surface area is 101 Å². The topological polar surface area (TPSA) is 29.1 Å². The van der Waals surface area contributed by atoms with E-state index in [2.05, 4.69) is 17.5 Å². The molecule has 0 radical (unpaired) electrons. The van der Waals surface area contributed by atoms with Crippen molar-refractivity contribution in [2.75, 3.05) is 0 Å². The molecule has 1 amide bonds. The van der Waals surface area contributed by atoms with E-state index in [1.54, 1.807) is 0 Å². The monoisotopic (exact) mass is 225 g/mol. The first-order valence-electron chi connectivity index (χ1n) is 6.09. The van der Waals surface area contributed by atoms with Gasteiger partial charge in [0.15, 0.2) is 0 Å². The Kier molecular flexibility index (Phi) is 2.56. The van der Waals surface area contributed by atoms with Gasteiger partial charge in [-0.3, -0.25) is 4.79 Å². The van der Waals surface area contributed by atoms with Crippen LogP contribution < -0.4 is 5.32 Å². The van der Waals surface area contributed by atoms with E-state index in [9.17, 15) is 4.79 Å². The molecule has 1 heterocycles. The Balaban J connectivity index is 1.98. The van der Waals surface area contributed by atoms with Gasteiger partial charge in [-0.05, 0) is 36.5 Å². The molecule has 3 aliphatic rings. The maximum Gasteiger partial charge on any atom is 0.235 e. The molecule has 1 N–H and O–H groups in total. The van der Waals surface area contributed by atoms with Gasteiger partial charge in [-0.15, -0.1) is 0 Å². The highest BCUT2D eigenvalue weighted by Gasteiger charge is 2.23. The molecule has 0 saturated heterocycles. The summed E-state index contributed by atoms with van der Waals surface area (Å²) in [5.41, 5.74) is 3.47. The third kappa shape index (κ3) is 1.91. The molecule has 86 valence electrons. The predicted molar refractivity (Wildman–Crippen MR) is 68.0 cm³/mol. The van der Waals surface area contributed by atoms with Gasteiger partial charge in [0.25, 0.3) is 0 Å². The van der Waals surface area contributed by atoms with Crippen LogP contribution in [-0.2, 0) is 4.79 Å². The summed E-state index contributed by atoms with van der Waals surface area (Å²) < 4.78 is 0. The van der Waals surface area contributed by atoms with Gasteiger partial charge in [-0.25, -0.2) is 0 Å². The Morgan fingerprint density at radius 1 is 1.24 bits per heavy atom. The van der Waals surface area contributed by atoms with Crippen molar-refractivity contribution in [3.05, 3.63) is 59.4 Å². The predicted octanol–water partition coefficient (Wildman–Crippen LogP) is 2.78. The van der Waals surface area contributed by atoms with Gasteiger partial charge in [-0.2, -0.15) is 0 Å². The van der Waals surface area contributed by atoms with Gasteiger partial charge in [0.05, 0.1) is 5.92 Å². The Bertz CT molecular complexity index is 503. The minimum atomic E-state index is -0.121. The number of carbonyl (C=O) groups is 1. The Hall–Kier alpha value is -1.83. The molecule has 17 heavy (non-hydrogen) atoms. The fourth-order valence-corrected chi connectivity index (χ4v) is 2.50. The number of allylic oxidation sites excluding steroid dienone is 7. The minimum absolute atomic E-state index is 0.0793. The first kappa shape index (κ1) is 10.3. The van der Waals surface area contributed by atoms with E-state index in [-0.39, 0.29) is 11.8 Å². The number of carbonyl (C=O) groups excluding carboxylic acids is 1. The van der Waals surface area contributed by atoms with E-state index >= 15 is 0 Å². The SMILES string of the molecule is O=C1NC2=C(C/C=C3/C=CC=CC13)CCC=C2. The van der Waals surface area contributed by atoms with Crippen molar-refractivity contribution in [2.45, 2.75) is 19.3 Å². The average molecular weight is 225 g/mol. The summed E-state index contributed by atoms with van der Waals surface area (Å²) in [6.07, 6.45) is 17.4. The van der Waals surface area contributed by atoms with Crippen molar-refractivity contribution in [3.63, 3.8) is 0 Å². The van der Waals surface area contributed by atoms with Crippen molar-refractivity contribution >= 4 is 5.91 Å². The van der Waals surface area contributed by atoms with E-state index in [1.165, 1.54) is 5.57 Å². The third-order valence-corrected chi connectivity index (χ3v) is 3.47. The zero-order valence-electron chi connectivity index (χ0n) is 9.65. The lowest BCUT2D eigenvalue weighted by molar-refractivity contribution is -0.121. The van der Waals surface area contributed by atoms with Crippen LogP contribution >= 0.6 is 0 Å². The van der Waals surface area contributed by atoms with E-state index in [4.69, 9.17) is 0 Å². The van der Waals surface area contributed by atoms with Crippen LogP contribution in [-0.4, -0.2) is 5.91 Å². The minimum Gasteiger partial charge on any atom is -0.325 e. The lowest BCUT2D eigenvalue weighted by atomic mass is 9.88. The summed E-state index contributed by atoms with van der Waals surface area (Å²) in [5.74, 6) is -0.0417. The maximum atomic E-state index is 12.2. The van der Waals surface area contributed by atoms with Crippen molar-refractivity contribution in [3.8, 4) is 0 Å². The smallest absolute Gasteiger partial charge is 0.235 e. The fourth-order valence-electron chi connectivity index (χ4n) is 2.50. The van der Waals surface area contributed by atoms with Gasteiger partial charge in [0.2, 0.25) is 5.91 Å². The molecule has 0 fully saturated rings. The van der Waals surface area contributed by atoms with E-state index in [0.29, 0.717) is 0 Å². The number of fused-ring (bicyclic) bond motifs is 1. The number of amides is 1. The highest BCUT2D eigenvalue weighted by molar-refractivity contribution is 5.87. The second kappa shape index (κ2) is 4.21. The van der Waals surface area contributed by atoms with Crippen LogP contribution in [0.4, 0.5) is 0 Å². The van der Waals surface area contributed by atoms with E-state index in [1.807, 2.05) is 30.4 Å². The van der Waals surface area contributed by atoms with E-state index in [0.717, 1.165) is 30.5 Å². The molecule has 1 unspecified atom stereocenters. The first-order valence-corrected chi connectivity index (χ1v) is 6.09. The zero-order valence-corrected chi connectivity index (χ0v) is 9.65. The molecule has 0 spiro atoms. The standard InChI is InChI=1S/C15H15NO/c17-15-13-7-3-1-5-11(13)9-10-12-6-2-4-8-14(12)16-15/h1,3-5,7-9,13H,2,6,10H2,(H,16,17)/b11-9-. The van der Waals surface area contributed by atoms with Gasteiger partial charge < -0.3 is 5.32 Å². The third-order valence-electron chi connectivity index (χ3n) is 3.47. The second-order valence-corrected chi connectivity index (χ2v) is 4.58. The largest absolute Gasteiger partial charge is 0.325 e. The van der Waals surface area contributed by atoms with Crippen molar-refractivity contribution in [2.24, 2.45) is 5.92 Å². The van der Waals surface area contributed by atoms with Crippen LogP contribution in [0.25, 0.3) is 0 Å². The van der Waals surface area contributed by atoms with Crippen LogP contribution in [0.3, 0.4) is 0 Å². The van der Waals surface area contributed by atoms with Crippen LogP contribution in [0.5, 0.6) is 0 Å². The molecule has 0 bridgehead atoms.